The summed E-state index contributed by atoms with van der Waals surface area (Å²) in [6.45, 7) is 3.21. The van der Waals surface area contributed by atoms with E-state index in [0.29, 0.717) is 19.6 Å². The number of benzene rings is 1. The van der Waals surface area contributed by atoms with Crippen LogP contribution in [0.15, 0.2) is 30.6 Å². The summed E-state index contributed by atoms with van der Waals surface area (Å²) < 4.78 is 46.3. The molecule has 0 aliphatic carbocycles. The fourth-order valence-corrected chi connectivity index (χ4v) is 4.06. The molecule has 1 aromatic heterocycles. The molecule has 0 saturated carbocycles. The van der Waals surface area contributed by atoms with Gasteiger partial charge in [0.05, 0.1) is 30.9 Å². The quantitative estimate of drug-likeness (QED) is 0.742. The predicted molar refractivity (Wildman–Crippen MR) is 87.9 cm³/mol. The third-order valence-electron chi connectivity index (χ3n) is 4.07. The van der Waals surface area contributed by atoms with Gasteiger partial charge in [-0.15, -0.1) is 0 Å². The van der Waals surface area contributed by atoms with Gasteiger partial charge in [0, 0.05) is 31.0 Å². The van der Waals surface area contributed by atoms with Crippen LogP contribution in [0.3, 0.4) is 0 Å². The van der Waals surface area contributed by atoms with E-state index >= 15 is 0 Å². The minimum atomic E-state index is -3.35. The van der Waals surface area contributed by atoms with Gasteiger partial charge in [-0.05, 0) is 31.2 Å². The van der Waals surface area contributed by atoms with Crippen molar-refractivity contribution in [3.63, 3.8) is 0 Å². The van der Waals surface area contributed by atoms with Crippen LogP contribution in [-0.2, 0) is 27.7 Å². The third kappa shape index (κ3) is 3.50. The molecule has 0 atom stereocenters. The summed E-state index contributed by atoms with van der Waals surface area (Å²) in [6.07, 6.45) is 2.23. The molecule has 3 rings (SSSR count). The molecular weight excluding hydrogens is 333 g/mol. The lowest BCUT2D eigenvalue weighted by molar-refractivity contribution is 0.162. The molecule has 8 heteroatoms. The predicted octanol–water partition coefficient (Wildman–Crippen LogP) is 1.74. The highest BCUT2D eigenvalue weighted by Crippen LogP contribution is 2.23. The monoisotopic (exact) mass is 353 g/mol. The van der Waals surface area contributed by atoms with E-state index in [0.717, 1.165) is 17.1 Å². The Morgan fingerprint density at radius 1 is 1.29 bits per heavy atom. The SMILES string of the molecule is CCOCCS(=O)(=O)N1CCc2c(ncn2-c2ccc(F)cc2)C1. The van der Waals surface area contributed by atoms with Crippen LogP contribution < -0.4 is 0 Å². The molecule has 6 nitrogen and oxygen atoms in total. The summed E-state index contributed by atoms with van der Waals surface area (Å²) in [5, 5.41) is 0. The van der Waals surface area contributed by atoms with E-state index in [2.05, 4.69) is 4.98 Å². The second-order valence-corrected chi connectivity index (χ2v) is 7.67. The Hall–Kier alpha value is -1.77. The maximum atomic E-state index is 13.1. The van der Waals surface area contributed by atoms with Crippen LogP contribution in [-0.4, -0.2) is 47.8 Å². The number of hydrogen-bond donors (Lipinski definition) is 0. The molecule has 0 radical (unpaired) electrons. The smallest absolute Gasteiger partial charge is 0.216 e. The van der Waals surface area contributed by atoms with Crippen LogP contribution in [0.1, 0.15) is 18.3 Å². The van der Waals surface area contributed by atoms with Crippen molar-refractivity contribution < 1.29 is 17.5 Å². The van der Waals surface area contributed by atoms with Gasteiger partial charge in [0.25, 0.3) is 0 Å². The fourth-order valence-electron chi connectivity index (χ4n) is 2.78. The standard InChI is InChI=1S/C16H20FN3O3S/c1-2-23-9-10-24(21,22)19-8-7-16-15(11-19)18-12-20(16)14-5-3-13(17)4-6-14/h3-6,12H,2,7-11H2,1H3. The first kappa shape index (κ1) is 17.1. The lowest BCUT2D eigenvalue weighted by Crippen LogP contribution is -2.38. The average molecular weight is 353 g/mol. The van der Waals surface area contributed by atoms with Crippen LogP contribution in [0, 0.1) is 5.82 Å². The molecule has 0 amide bonds. The normalized spacial score (nSPS) is 15.4. The van der Waals surface area contributed by atoms with E-state index in [9.17, 15) is 12.8 Å². The number of nitrogens with zero attached hydrogens (tertiary/aromatic N) is 3. The van der Waals surface area contributed by atoms with Crippen molar-refractivity contribution in [2.24, 2.45) is 0 Å². The van der Waals surface area contributed by atoms with Crippen molar-refractivity contribution >= 4 is 10.0 Å². The number of rotatable bonds is 6. The van der Waals surface area contributed by atoms with Crippen molar-refractivity contribution in [3.05, 3.63) is 47.8 Å². The van der Waals surface area contributed by atoms with E-state index < -0.39 is 10.0 Å². The molecule has 0 spiro atoms. The van der Waals surface area contributed by atoms with Crippen molar-refractivity contribution in [3.8, 4) is 5.69 Å². The Bertz CT molecular complexity index is 802. The Morgan fingerprint density at radius 3 is 2.75 bits per heavy atom. The summed E-state index contributed by atoms with van der Waals surface area (Å²) in [5.41, 5.74) is 2.53. The van der Waals surface area contributed by atoms with Gasteiger partial charge in [-0.25, -0.2) is 17.8 Å². The highest BCUT2D eigenvalue weighted by molar-refractivity contribution is 7.89. The molecule has 0 unspecified atom stereocenters. The zero-order valence-electron chi connectivity index (χ0n) is 13.5. The number of hydrogen-bond acceptors (Lipinski definition) is 4. The first-order chi connectivity index (χ1) is 11.5. The molecule has 0 N–H and O–H groups in total. The van der Waals surface area contributed by atoms with E-state index in [-0.39, 0.29) is 24.7 Å². The molecule has 130 valence electrons. The first-order valence-corrected chi connectivity index (χ1v) is 9.49. The summed E-state index contributed by atoms with van der Waals surface area (Å²) in [7, 11) is -3.35. The van der Waals surface area contributed by atoms with Crippen LogP contribution in [0.5, 0.6) is 0 Å². The Kier molecular flexibility index (Phi) is 4.98. The number of fused-ring (bicyclic) bond motifs is 1. The average Bonchev–Trinajstić information content (AvgIpc) is 2.99. The van der Waals surface area contributed by atoms with Gasteiger partial charge in [-0.3, -0.25) is 0 Å². The summed E-state index contributed by atoms with van der Waals surface area (Å²) in [5.74, 6) is -0.311. The Labute approximate surface area is 140 Å². The highest BCUT2D eigenvalue weighted by atomic mass is 32.2. The topological polar surface area (TPSA) is 64.4 Å². The fraction of sp³-hybridized carbons (Fsp3) is 0.438. The number of ether oxygens (including phenoxy) is 1. The van der Waals surface area contributed by atoms with Gasteiger partial charge in [0.2, 0.25) is 10.0 Å². The summed E-state index contributed by atoms with van der Waals surface area (Å²) in [6, 6.07) is 6.16. The van der Waals surface area contributed by atoms with E-state index in [1.54, 1.807) is 18.5 Å². The van der Waals surface area contributed by atoms with Crippen molar-refractivity contribution in [1.82, 2.24) is 13.9 Å². The van der Waals surface area contributed by atoms with Crippen molar-refractivity contribution in [1.29, 1.82) is 0 Å². The number of aromatic nitrogens is 2. The molecule has 0 saturated heterocycles. The van der Waals surface area contributed by atoms with Gasteiger partial charge in [0.1, 0.15) is 5.82 Å². The minimum absolute atomic E-state index is 0.0190. The second kappa shape index (κ2) is 7.00. The molecule has 1 aromatic carbocycles. The number of imidazole rings is 1. The largest absolute Gasteiger partial charge is 0.381 e. The maximum Gasteiger partial charge on any atom is 0.216 e. The van der Waals surface area contributed by atoms with E-state index in [1.165, 1.54) is 16.4 Å². The molecule has 0 fully saturated rings. The third-order valence-corrected chi connectivity index (χ3v) is 5.85. The van der Waals surface area contributed by atoms with Crippen LogP contribution >= 0.6 is 0 Å². The van der Waals surface area contributed by atoms with Gasteiger partial charge >= 0.3 is 0 Å². The highest BCUT2D eigenvalue weighted by Gasteiger charge is 2.29. The van der Waals surface area contributed by atoms with Crippen LogP contribution in [0.4, 0.5) is 4.39 Å². The van der Waals surface area contributed by atoms with Crippen LogP contribution in [0.2, 0.25) is 0 Å². The van der Waals surface area contributed by atoms with Gasteiger partial charge < -0.3 is 9.30 Å². The van der Waals surface area contributed by atoms with Gasteiger partial charge in [0.15, 0.2) is 0 Å². The Balaban J connectivity index is 1.77. The maximum absolute atomic E-state index is 13.1. The molecule has 2 aromatic rings. The van der Waals surface area contributed by atoms with E-state index in [1.807, 2.05) is 11.5 Å². The lowest BCUT2D eigenvalue weighted by Gasteiger charge is -2.26. The van der Waals surface area contributed by atoms with Crippen molar-refractivity contribution in [2.75, 3.05) is 25.5 Å². The summed E-state index contributed by atoms with van der Waals surface area (Å²) >= 11 is 0. The zero-order chi connectivity index (χ0) is 17.2. The van der Waals surface area contributed by atoms with Gasteiger partial charge in [-0.2, -0.15) is 4.31 Å². The minimum Gasteiger partial charge on any atom is -0.381 e. The van der Waals surface area contributed by atoms with Gasteiger partial charge in [-0.1, -0.05) is 0 Å². The van der Waals surface area contributed by atoms with E-state index in [4.69, 9.17) is 4.74 Å². The number of halogens is 1. The van der Waals surface area contributed by atoms with Crippen LogP contribution in [0.25, 0.3) is 5.69 Å². The molecule has 0 bridgehead atoms. The van der Waals surface area contributed by atoms with Crippen molar-refractivity contribution in [2.45, 2.75) is 19.9 Å². The lowest BCUT2D eigenvalue weighted by atomic mass is 10.1. The zero-order valence-corrected chi connectivity index (χ0v) is 14.3. The number of sulfonamides is 1. The molecule has 2 heterocycles. The molecule has 1 aliphatic heterocycles. The first-order valence-electron chi connectivity index (χ1n) is 7.88. The second-order valence-electron chi connectivity index (χ2n) is 5.58. The molecule has 1 aliphatic rings. The Morgan fingerprint density at radius 2 is 2.04 bits per heavy atom. The molecule has 24 heavy (non-hydrogen) atoms. The summed E-state index contributed by atoms with van der Waals surface area (Å²) in [4.78, 5) is 4.35. The molecular formula is C16H20FN3O3S.